The summed E-state index contributed by atoms with van der Waals surface area (Å²) < 4.78 is 13.1. The highest BCUT2D eigenvalue weighted by Gasteiger charge is 2.14. The number of nitro benzene ring substituents is 1. The van der Waals surface area contributed by atoms with Crippen LogP contribution >= 0.6 is 0 Å². The average molecular weight is 194 g/mol. The number of hydrogen-bond acceptors (Lipinski definition) is 2. The molecule has 0 aliphatic heterocycles. The molecule has 1 aromatic rings. The van der Waals surface area contributed by atoms with Crippen LogP contribution in [0.25, 0.3) is 0 Å². The summed E-state index contributed by atoms with van der Waals surface area (Å²) in [6.45, 7) is 5.29. The molecule has 0 aromatic heterocycles. The summed E-state index contributed by atoms with van der Waals surface area (Å²) >= 11 is 0. The van der Waals surface area contributed by atoms with Crippen molar-refractivity contribution in [1.82, 2.24) is 0 Å². The van der Waals surface area contributed by atoms with Gasteiger partial charge in [0.25, 0.3) is 0 Å². The van der Waals surface area contributed by atoms with Gasteiger partial charge in [0, 0.05) is 12.0 Å². The van der Waals surface area contributed by atoms with E-state index in [4.69, 9.17) is 0 Å². The number of nitro groups is 1. The second kappa shape index (κ2) is 4.00. The highest BCUT2D eigenvalue weighted by molar-refractivity contribution is 5.42. The van der Waals surface area contributed by atoms with E-state index in [0.717, 1.165) is 18.1 Å². The fraction of sp³-hybridized carbons (Fsp3) is 0.100. The fourth-order valence-electron chi connectivity index (χ4n) is 1.02. The van der Waals surface area contributed by atoms with E-state index in [1.54, 1.807) is 13.0 Å². The molecule has 0 fully saturated rings. The van der Waals surface area contributed by atoms with Crippen molar-refractivity contribution in [3.63, 3.8) is 0 Å². The number of halogens is 1. The largest absolute Gasteiger partial charge is 0.304 e. The summed E-state index contributed by atoms with van der Waals surface area (Å²) in [5.41, 5.74) is 0.0914. The van der Waals surface area contributed by atoms with Crippen LogP contribution in [-0.4, -0.2) is 4.92 Å². The zero-order chi connectivity index (χ0) is 10.7. The summed E-state index contributed by atoms with van der Waals surface area (Å²) in [7, 11) is 0. The van der Waals surface area contributed by atoms with Crippen molar-refractivity contribution in [2.75, 3.05) is 0 Å². The number of rotatable bonds is 3. The molecule has 0 atom stereocenters. The molecule has 0 heterocycles. The Labute approximate surface area is 81.0 Å². The minimum absolute atomic E-state index is 0.509. The Morgan fingerprint density at radius 2 is 2.29 bits per heavy atom. The summed E-state index contributed by atoms with van der Waals surface area (Å²) in [6.07, 6.45) is 1.57. The minimum atomic E-state index is -0.825. The molecule has 1 radical (unpaired) electrons. The van der Waals surface area contributed by atoms with Crippen LogP contribution in [0.3, 0.4) is 0 Å². The maximum Gasteiger partial charge on any atom is 0.304 e. The molecule has 1 rings (SSSR count). The molecule has 73 valence electrons. The molecule has 3 nitrogen and oxygen atoms in total. The van der Waals surface area contributed by atoms with E-state index in [2.05, 4.69) is 6.58 Å². The van der Waals surface area contributed by atoms with Crippen molar-refractivity contribution in [2.24, 2.45) is 0 Å². The van der Waals surface area contributed by atoms with Gasteiger partial charge in [0.1, 0.15) is 0 Å². The molecule has 0 saturated heterocycles. The van der Waals surface area contributed by atoms with Gasteiger partial charge in [-0.15, -0.1) is 6.58 Å². The quantitative estimate of drug-likeness (QED) is 0.548. The van der Waals surface area contributed by atoms with Gasteiger partial charge in [0.15, 0.2) is 0 Å². The third kappa shape index (κ3) is 1.96. The molecule has 4 heteroatoms. The Balaban J connectivity index is 3.12. The van der Waals surface area contributed by atoms with Crippen LogP contribution in [0.4, 0.5) is 10.1 Å². The number of nitrogens with zero attached hydrogens (tertiary/aromatic N) is 1. The van der Waals surface area contributed by atoms with Gasteiger partial charge < -0.3 is 0 Å². The molecule has 0 aliphatic carbocycles. The van der Waals surface area contributed by atoms with E-state index in [9.17, 15) is 14.5 Å². The Morgan fingerprint density at radius 1 is 1.64 bits per heavy atom. The molecule has 0 bridgehead atoms. The Kier molecular flexibility index (Phi) is 2.96. The first kappa shape index (κ1) is 10.4. The first-order valence-corrected chi connectivity index (χ1v) is 3.96. The second-order valence-corrected chi connectivity index (χ2v) is 2.81. The van der Waals surface area contributed by atoms with Crippen LogP contribution in [0.5, 0.6) is 0 Å². The standard InChI is InChI=1S/C10H9FNO2/c1-3-7(2)8-4-5-10(12(13)14)9(11)6-8/h3-6H,1H2,2H3. The lowest BCUT2D eigenvalue weighted by Crippen LogP contribution is -1.96. The van der Waals surface area contributed by atoms with Gasteiger partial charge in [-0.25, -0.2) is 0 Å². The van der Waals surface area contributed by atoms with E-state index in [0.29, 0.717) is 5.56 Å². The lowest BCUT2D eigenvalue weighted by atomic mass is 10.0. The molecule has 0 N–H and O–H groups in total. The van der Waals surface area contributed by atoms with Gasteiger partial charge >= 0.3 is 5.69 Å². The SMILES string of the molecule is C=C[C](C)c1ccc([N+](=O)[O-])c(F)c1. The van der Waals surface area contributed by atoms with E-state index in [-0.39, 0.29) is 0 Å². The van der Waals surface area contributed by atoms with Crippen molar-refractivity contribution in [2.45, 2.75) is 6.92 Å². The van der Waals surface area contributed by atoms with Crippen molar-refractivity contribution >= 4 is 5.69 Å². The van der Waals surface area contributed by atoms with E-state index < -0.39 is 16.4 Å². The number of benzene rings is 1. The molecule has 1 aromatic carbocycles. The molecule has 0 saturated carbocycles. The molecule has 0 aliphatic rings. The number of allylic oxidation sites excluding steroid dienone is 1. The summed E-state index contributed by atoms with van der Waals surface area (Å²) in [4.78, 5) is 9.56. The predicted molar refractivity (Wildman–Crippen MR) is 51.3 cm³/mol. The first-order chi connectivity index (χ1) is 6.56. The zero-order valence-electron chi connectivity index (χ0n) is 7.66. The van der Waals surface area contributed by atoms with Gasteiger partial charge in [-0.1, -0.05) is 19.1 Å². The van der Waals surface area contributed by atoms with Gasteiger partial charge in [-0.3, -0.25) is 10.1 Å². The van der Waals surface area contributed by atoms with Crippen LogP contribution in [0.15, 0.2) is 30.9 Å². The third-order valence-electron chi connectivity index (χ3n) is 1.91. The molecule has 0 amide bonds. The van der Waals surface area contributed by atoms with Gasteiger partial charge in [-0.2, -0.15) is 4.39 Å². The Hall–Kier alpha value is -1.71. The minimum Gasteiger partial charge on any atom is -0.258 e. The highest BCUT2D eigenvalue weighted by Crippen LogP contribution is 2.22. The van der Waals surface area contributed by atoms with E-state index in [1.165, 1.54) is 6.07 Å². The van der Waals surface area contributed by atoms with E-state index in [1.807, 2.05) is 0 Å². The third-order valence-corrected chi connectivity index (χ3v) is 1.91. The molecule has 0 spiro atoms. The van der Waals surface area contributed by atoms with E-state index >= 15 is 0 Å². The molecule has 0 unspecified atom stereocenters. The topological polar surface area (TPSA) is 43.1 Å². The van der Waals surface area contributed by atoms with Crippen LogP contribution in [0, 0.1) is 21.8 Å². The van der Waals surface area contributed by atoms with Gasteiger partial charge in [0.2, 0.25) is 5.82 Å². The predicted octanol–water partition coefficient (Wildman–Crippen LogP) is 2.86. The van der Waals surface area contributed by atoms with Gasteiger partial charge in [-0.05, 0) is 11.6 Å². The van der Waals surface area contributed by atoms with Crippen LogP contribution in [-0.2, 0) is 0 Å². The van der Waals surface area contributed by atoms with Crippen LogP contribution < -0.4 is 0 Å². The second-order valence-electron chi connectivity index (χ2n) is 2.81. The first-order valence-electron chi connectivity index (χ1n) is 3.96. The average Bonchev–Trinajstić information content (AvgIpc) is 2.15. The summed E-state index contributed by atoms with van der Waals surface area (Å²) in [6, 6.07) is 3.78. The maximum atomic E-state index is 13.1. The van der Waals surface area contributed by atoms with Crippen LogP contribution in [0.2, 0.25) is 0 Å². The highest BCUT2D eigenvalue weighted by atomic mass is 19.1. The lowest BCUT2D eigenvalue weighted by Gasteiger charge is -2.04. The van der Waals surface area contributed by atoms with Crippen molar-refractivity contribution in [3.05, 3.63) is 58.3 Å². The Morgan fingerprint density at radius 3 is 2.71 bits per heavy atom. The Bertz CT molecular complexity index is 376. The molecular formula is C10H9FNO2. The lowest BCUT2D eigenvalue weighted by molar-refractivity contribution is -0.387. The van der Waals surface area contributed by atoms with Crippen molar-refractivity contribution < 1.29 is 9.31 Å². The smallest absolute Gasteiger partial charge is 0.258 e. The normalized spacial score (nSPS) is 10.2. The fourth-order valence-corrected chi connectivity index (χ4v) is 1.02. The number of hydrogen-bond donors (Lipinski definition) is 0. The van der Waals surface area contributed by atoms with Crippen molar-refractivity contribution in [3.8, 4) is 0 Å². The maximum absolute atomic E-state index is 13.1. The molecule has 14 heavy (non-hydrogen) atoms. The summed E-state index contributed by atoms with van der Waals surface area (Å²) in [5, 5.41) is 10.3. The van der Waals surface area contributed by atoms with Gasteiger partial charge in [0.05, 0.1) is 4.92 Å². The van der Waals surface area contributed by atoms with Crippen LogP contribution in [0.1, 0.15) is 12.5 Å². The van der Waals surface area contributed by atoms with Crippen molar-refractivity contribution in [1.29, 1.82) is 0 Å². The monoisotopic (exact) mass is 194 g/mol. The summed E-state index contributed by atoms with van der Waals surface area (Å²) in [5.74, 6) is -0.0486. The zero-order valence-corrected chi connectivity index (χ0v) is 7.66. The molecular weight excluding hydrogens is 185 g/mol.